The highest BCUT2D eigenvalue weighted by Gasteiger charge is 2.45. The lowest BCUT2D eigenvalue weighted by molar-refractivity contribution is -0.00902. The number of hydrogen-bond donors (Lipinski definition) is 4. The molecule has 2 bridgehead atoms. The van der Waals surface area contributed by atoms with Crippen molar-refractivity contribution in [1.82, 2.24) is 15.0 Å². The lowest BCUT2D eigenvalue weighted by atomic mass is 9.58. The molecule has 7 heteroatoms. The molecule has 2 aliphatic carbocycles. The molecule has 26 heavy (non-hydrogen) atoms. The molecular weight excluding hydrogens is 332 g/mol. The molecule has 0 radical (unpaired) electrons. The number of Topliss-reactive ketones (excluding diaryl/α,β-unsaturated/α-hetero) is 1. The van der Waals surface area contributed by atoms with Gasteiger partial charge in [0.1, 0.15) is 12.1 Å². The molecule has 4 atom stereocenters. The number of carbonyl (C=O) groups is 1. The number of carbonyl (C=O) groups excluding carboxylic acids is 1. The van der Waals surface area contributed by atoms with E-state index in [1.54, 1.807) is 6.33 Å². The fourth-order valence-corrected chi connectivity index (χ4v) is 5.19. The zero-order chi connectivity index (χ0) is 18.3. The molecule has 0 saturated heterocycles. The Bertz CT molecular complexity index is 820. The Balaban J connectivity index is 1.67. The largest absolute Gasteiger partial charge is 0.396 e. The maximum absolute atomic E-state index is 12.2. The average molecular weight is 358 g/mol. The third-order valence-electron chi connectivity index (χ3n) is 6.29. The average Bonchev–Trinajstić information content (AvgIpc) is 3.12. The molecular formula is C19H26N4O3. The lowest BCUT2D eigenvalue weighted by Crippen LogP contribution is -2.47. The van der Waals surface area contributed by atoms with Crippen LogP contribution in [0.4, 0.5) is 5.69 Å². The van der Waals surface area contributed by atoms with Gasteiger partial charge in [0.05, 0.1) is 17.6 Å². The summed E-state index contributed by atoms with van der Waals surface area (Å²) in [7, 11) is 0. The summed E-state index contributed by atoms with van der Waals surface area (Å²) in [5, 5.41) is 22.8. The highest BCUT2D eigenvalue weighted by Crippen LogP contribution is 2.51. The van der Waals surface area contributed by atoms with E-state index in [-0.39, 0.29) is 23.8 Å². The summed E-state index contributed by atoms with van der Waals surface area (Å²) < 4.78 is 0. The number of ketones is 1. The Kier molecular flexibility index (Phi) is 4.44. The number of nitrogens with one attached hydrogen (secondary N) is 2. The van der Waals surface area contributed by atoms with Crippen LogP contribution in [0.5, 0.6) is 0 Å². The van der Waals surface area contributed by atoms with Gasteiger partial charge in [-0.05, 0) is 49.4 Å². The van der Waals surface area contributed by atoms with Gasteiger partial charge in [-0.15, -0.1) is 0 Å². The Morgan fingerprint density at radius 3 is 3.00 bits per heavy atom. The Morgan fingerprint density at radius 2 is 2.23 bits per heavy atom. The number of H-pyrrole nitrogens is 1. The molecule has 2 saturated carbocycles. The number of aliphatic hydroxyl groups is 2. The predicted octanol–water partition coefficient (Wildman–Crippen LogP) is 2.12. The summed E-state index contributed by atoms with van der Waals surface area (Å²) >= 11 is 0. The topological polar surface area (TPSA) is 111 Å². The molecule has 140 valence electrons. The maximum Gasteiger partial charge on any atom is 0.191 e. The number of fused-ring (bicyclic) bond motifs is 3. The van der Waals surface area contributed by atoms with Gasteiger partial charge in [-0.1, -0.05) is 6.92 Å². The van der Waals surface area contributed by atoms with Crippen molar-refractivity contribution in [1.29, 1.82) is 0 Å². The van der Waals surface area contributed by atoms with Crippen molar-refractivity contribution in [3.63, 3.8) is 0 Å². The summed E-state index contributed by atoms with van der Waals surface area (Å²) in [4.78, 5) is 23.8. The van der Waals surface area contributed by atoms with Gasteiger partial charge in [0.15, 0.2) is 11.4 Å². The van der Waals surface area contributed by atoms with Gasteiger partial charge in [-0.25, -0.2) is 9.97 Å². The smallest absolute Gasteiger partial charge is 0.191 e. The monoisotopic (exact) mass is 358 g/mol. The summed E-state index contributed by atoms with van der Waals surface area (Å²) in [6, 6.07) is 0.227. The van der Waals surface area contributed by atoms with E-state index in [9.17, 15) is 15.0 Å². The van der Waals surface area contributed by atoms with Crippen molar-refractivity contribution in [2.24, 2.45) is 17.3 Å². The molecule has 2 unspecified atom stereocenters. The van der Waals surface area contributed by atoms with Crippen LogP contribution >= 0.6 is 0 Å². The third-order valence-corrected chi connectivity index (χ3v) is 6.29. The van der Waals surface area contributed by atoms with E-state index in [2.05, 4.69) is 27.2 Å². The van der Waals surface area contributed by atoms with Crippen molar-refractivity contribution < 1.29 is 15.0 Å². The van der Waals surface area contributed by atoms with E-state index in [0.29, 0.717) is 34.3 Å². The van der Waals surface area contributed by atoms with E-state index in [0.717, 1.165) is 32.1 Å². The molecule has 0 aliphatic heterocycles. The van der Waals surface area contributed by atoms with Crippen molar-refractivity contribution in [3.05, 3.63) is 18.1 Å². The number of hydrogen-bond acceptors (Lipinski definition) is 6. The summed E-state index contributed by atoms with van der Waals surface area (Å²) in [5.41, 5.74) is 2.36. The van der Waals surface area contributed by atoms with Gasteiger partial charge >= 0.3 is 0 Å². The van der Waals surface area contributed by atoms with E-state index in [1.165, 1.54) is 6.20 Å². The van der Waals surface area contributed by atoms with E-state index in [1.807, 2.05) is 0 Å². The molecule has 2 aliphatic rings. The Labute approximate surface area is 152 Å². The molecule has 4 rings (SSSR count). The minimum atomic E-state index is -0.551. The lowest BCUT2D eigenvalue weighted by Gasteiger charge is -2.50. The first-order valence-electron chi connectivity index (χ1n) is 9.39. The van der Waals surface area contributed by atoms with Gasteiger partial charge in [0.2, 0.25) is 0 Å². The Morgan fingerprint density at radius 1 is 1.38 bits per heavy atom. The molecule has 0 amide bonds. The van der Waals surface area contributed by atoms with E-state index in [4.69, 9.17) is 0 Å². The molecule has 7 nitrogen and oxygen atoms in total. The molecule has 2 aromatic rings. The second kappa shape index (κ2) is 6.63. The molecule has 0 aromatic carbocycles. The van der Waals surface area contributed by atoms with Crippen LogP contribution in [0, 0.1) is 17.3 Å². The molecule has 2 fully saturated rings. The number of pyridine rings is 1. The van der Waals surface area contributed by atoms with Crippen molar-refractivity contribution in [2.45, 2.75) is 45.1 Å². The van der Waals surface area contributed by atoms with Crippen molar-refractivity contribution in [2.75, 3.05) is 18.5 Å². The van der Waals surface area contributed by atoms with Crippen LogP contribution in [-0.4, -0.2) is 50.2 Å². The fourth-order valence-electron chi connectivity index (χ4n) is 5.19. The van der Waals surface area contributed by atoms with Gasteiger partial charge < -0.3 is 20.5 Å². The molecule has 2 aromatic heterocycles. The molecule has 2 heterocycles. The van der Waals surface area contributed by atoms with Gasteiger partial charge in [0, 0.05) is 18.8 Å². The second-order valence-electron chi connectivity index (χ2n) is 8.18. The second-order valence-corrected chi connectivity index (χ2v) is 8.18. The van der Waals surface area contributed by atoms with Crippen molar-refractivity contribution >= 4 is 22.6 Å². The first kappa shape index (κ1) is 17.4. The number of imidazole rings is 1. The highest BCUT2D eigenvalue weighted by atomic mass is 16.3. The number of anilines is 1. The Hall–Kier alpha value is -1.99. The van der Waals surface area contributed by atoms with Gasteiger partial charge in [0.25, 0.3) is 0 Å². The zero-order valence-corrected chi connectivity index (χ0v) is 15.0. The summed E-state index contributed by atoms with van der Waals surface area (Å²) in [5.74, 6) is 0.688. The van der Waals surface area contributed by atoms with E-state index < -0.39 is 6.61 Å². The van der Waals surface area contributed by atoms with Crippen LogP contribution in [0.3, 0.4) is 0 Å². The van der Waals surface area contributed by atoms with Crippen LogP contribution in [0.1, 0.15) is 49.4 Å². The number of rotatable bonds is 5. The minimum Gasteiger partial charge on any atom is -0.396 e. The minimum absolute atomic E-state index is 0.0597. The van der Waals surface area contributed by atoms with Crippen LogP contribution < -0.4 is 5.32 Å². The number of aromatic amines is 1. The van der Waals surface area contributed by atoms with E-state index >= 15 is 0 Å². The normalized spacial score (nSPS) is 31.1. The van der Waals surface area contributed by atoms with Crippen LogP contribution in [0.25, 0.3) is 11.2 Å². The van der Waals surface area contributed by atoms with Gasteiger partial charge in [-0.3, -0.25) is 4.79 Å². The highest BCUT2D eigenvalue weighted by molar-refractivity contribution is 6.07. The van der Waals surface area contributed by atoms with Crippen LogP contribution in [0.15, 0.2) is 12.5 Å². The molecule has 4 N–H and O–H groups in total. The maximum atomic E-state index is 12.2. The SMILES string of the molecule is CC1C[C@H]2C[C@](CO)(CCC2Nc2c(C(=O)CO)cnc3[nH]cnc23)C1. The molecule has 0 spiro atoms. The first-order valence-corrected chi connectivity index (χ1v) is 9.39. The van der Waals surface area contributed by atoms with Crippen LogP contribution in [-0.2, 0) is 0 Å². The standard InChI is InChI=1S/C19H26N4O3/c1-11-4-12-6-19(5-11,9-25)3-2-14(12)23-16-13(15(26)8-24)7-20-18-17(16)21-10-22-18/h7,10-12,14,24-25H,2-6,8-9H2,1H3,(H2,20,21,22,23)/t11?,12-,14?,19-/m0/s1. The predicted molar refractivity (Wildman–Crippen MR) is 98.0 cm³/mol. The third kappa shape index (κ3) is 2.89. The van der Waals surface area contributed by atoms with Gasteiger partial charge in [-0.2, -0.15) is 0 Å². The zero-order valence-electron chi connectivity index (χ0n) is 15.0. The quantitative estimate of drug-likeness (QED) is 0.609. The number of nitrogens with zero attached hydrogens (tertiary/aromatic N) is 2. The number of aliphatic hydroxyl groups excluding tert-OH is 2. The van der Waals surface area contributed by atoms with Crippen LogP contribution in [0.2, 0.25) is 0 Å². The fraction of sp³-hybridized carbons (Fsp3) is 0.632. The summed E-state index contributed by atoms with van der Waals surface area (Å²) in [6.45, 7) is 1.97. The summed E-state index contributed by atoms with van der Waals surface area (Å²) in [6.07, 6.45) is 8.25. The van der Waals surface area contributed by atoms with Crippen molar-refractivity contribution in [3.8, 4) is 0 Å². The first-order chi connectivity index (χ1) is 12.5. The number of aromatic nitrogens is 3.